The van der Waals surface area contributed by atoms with Gasteiger partial charge in [-0.2, -0.15) is 0 Å². The van der Waals surface area contributed by atoms with Crippen molar-refractivity contribution >= 4 is 43.8 Å². The number of benzene rings is 1. The number of rotatable bonds is 10. The Morgan fingerprint density at radius 1 is 1.11 bits per heavy atom. The maximum atomic E-state index is 4.73. The molecule has 0 saturated heterocycles. The number of pyridine rings is 2. The van der Waals surface area contributed by atoms with Gasteiger partial charge in [0.2, 0.25) is 0 Å². The van der Waals surface area contributed by atoms with Gasteiger partial charge >= 0.3 is 0 Å². The molecule has 0 radical (unpaired) electrons. The zero-order chi connectivity index (χ0) is 26.1. The summed E-state index contributed by atoms with van der Waals surface area (Å²) in [5.74, 6) is 1.57. The van der Waals surface area contributed by atoms with Crippen LogP contribution in [0, 0.1) is 18.8 Å². The Bertz CT molecular complexity index is 1130. The number of allylic oxidation sites excluding steroid dienone is 2. The van der Waals surface area contributed by atoms with Crippen molar-refractivity contribution in [1.29, 1.82) is 0 Å². The summed E-state index contributed by atoms with van der Waals surface area (Å²) in [6.07, 6.45) is 13.9. The van der Waals surface area contributed by atoms with Gasteiger partial charge in [0, 0.05) is 27.3 Å². The molecule has 1 aromatic carbocycles. The molecule has 2 aromatic heterocycles. The molecule has 0 amide bonds. The second-order valence-electron chi connectivity index (χ2n) is 10.3. The first-order valence-corrected chi connectivity index (χ1v) is 14.2. The minimum atomic E-state index is 0.665. The van der Waals surface area contributed by atoms with Gasteiger partial charge in [0.1, 0.15) is 0 Å². The Labute approximate surface area is 226 Å². The van der Waals surface area contributed by atoms with Crippen LogP contribution in [0.25, 0.3) is 16.5 Å². The lowest BCUT2D eigenvalue weighted by atomic mass is 9.97. The molecule has 4 rings (SSSR count). The van der Waals surface area contributed by atoms with Crippen molar-refractivity contribution in [2.75, 3.05) is 26.0 Å². The van der Waals surface area contributed by atoms with E-state index in [4.69, 9.17) is 4.98 Å². The largest absolute Gasteiger partial charge is 0.353 e. The van der Waals surface area contributed by atoms with Gasteiger partial charge < -0.3 is 10.2 Å². The SMILES string of the molecule is CC/C=C(\c1cnc2ccc(Br)cc2c1Nc1ccc(C)nc1)C1CC1.CCCC(C)CCN(C)C. The van der Waals surface area contributed by atoms with E-state index >= 15 is 0 Å². The van der Waals surface area contributed by atoms with Gasteiger partial charge in [0.05, 0.1) is 23.1 Å². The highest BCUT2D eigenvalue weighted by molar-refractivity contribution is 9.10. The third-order valence-electron chi connectivity index (χ3n) is 6.61. The van der Waals surface area contributed by atoms with E-state index in [1.807, 2.05) is 31.5 Å². The number of nitrogens with one attached hydrogen (secondary N) is 1. The minimum absolute atomic E-state index is 0.665. The molecule has 2 heterocycles. The van der Waals surface area contributed by atoms with Crippen LogP contribution in [0.3, 0.4) is 0 Å². The van der Waals surface area contributed by atoms with Gasteiger partial charge in [-0.3, -0.25) is 9.97 Å². The quantitative estimate of drug-likeness (QED) is 0.273. The fourth-order valence-corrected chi connectivity index (χ4v) is 4.79. The second-order valence-corrected chi connectivity index (χ2v) is 11.3. The van der Waals surface area contributed by atoms with E-state index in [1.54, 1.807) is 0 Å². The third kappa shape index (κ3) is 8.41. The fourth-order valence-electron chi connectivity index (χ4n) is 4.43. The van der Waals surface area contributed by atoms with E-state index < -0.39 is 0 Å². The number of nitrogens with zero attached hydrogens (tertiary/aromatic N) is 3. The van der Waals surface area contributed by atoms with Crippen LogP contribution in [0.1, 0.15) is 70.6 Å². The summed E-state index contributed by atoms with van der Waals surface area (Å²) in [6, 6.07) is 10.4. The van der Waals surface area contributed by atoms with Crippen LogP contribution < -0.4 is 5.32 Å². The Morgan fingerprint density at radius 3 is 2.50 bits per heavy atom. The highest BCUT2D eigenvalue weighted by Gasteiger charge is 2.28. The van der Waals surface area contributed by atoms with Gasteiger partial charge in [-0.05, 0) is 101 Å². The zero-order valence-corrected chi connectivity index (χ0v) is 24.5. The molecule has 1 aliphatic carbocycles. The minimum Gasteiger partial charge on any atom is -0.353 e. The standard InChI is InChI=1S/C22H22BrN3.C9H21N/c1-3-4-18(15-6-7-15)20-13-25-21-10-8-16(23)11-19(21)22(20)26-17-9-5-14(2)24-12-17;1-5-6-9(2)7-8-10(3)4/h4-5,8-13,15H,3,6-7H2,1-2H3,(H,25,26);9H,5-8H2,1-4H3/b18-4-;. The molecule has 1 aliphatic rings. The topological polar surface area (TPSA) is 41.1 Å². The number of hydrogen-bond donors (Lipinski definition) is 1. The van der Waals surface area contributed by atoms with Crippen LogP contribution in [-0.2, 0) is 0 Å². The molecule has 0 aliphatic heterocycles. The van der Waals surface area contributed by atoms with Crippen LogP contribution in [0.15, 0.2) is 53.3 Å². The summed E-state index contributed by atoms with van der Waals surface area (Å²) in [7, 11) is 4.28. The smallest absolute Gasteiger partial charge is 0.0724 e. The van der Waals surface area contributed by atoms with Crippen molar-refractivity contribution in [1.82, 2.24) is 14.9 Å². The lowest BCUT2D eigenvalue weighted by molar-refractivity contribution is 0.350. The molecule has 1 saturated carbocycles. The van der Waals surface area contributed by atoms with Crippen LogP contribution in [0.5, 0.6) is 0 Å². The number of aromatic nitrogens is 2. The lowest BCUT2D eigenvalue weighted by Gasteiger charge is -2.17. The number of aryl methyl sites for hydroxylation is 1. The predicted octanol–water partition coefficient (Wildman–Crippen LogP) is 9.02. The predicted molar refractivity (Wildman–Crippen MR) is 160 cm³/mol. The summed E-state index contributed by atoms with van der Waals surface area (Å²) in [4.78, 5) is 11.4. The average Bonchev–Trinajstić information content (AvgIpc) is 3.69. The summed E-state index contributed by atoms with van der Waals surface area (Å²) in [6.45, 7) is 10.0. The average molecular weight is 552 g/mol. The highest BCUT2D eigenvalue weighted by atomic mass is 79.9. The van der Waals surface area contributed by atoms with E-state index in [1.165, 1.54) is 49.8 Å². The number of halogens is 1. The van der Waals surface area contributed by atoms with Crippen molar-refractivity contribution in [2.24, 2.45) is 11.8 Å². The highest BCUT2D eigenvalue weighted by Crippen LogP contribution is 2.46. The second kappa shape index (κ2) is 13.9. The summed E-state index contributed by atoms with van der Waals surface area (Å²) >= 11 is 3.61. The van der Waals surface area contributed by atoms with Crippen LogP contribution in [0.2, 0.25) is 0 Å². The number of hydrogen-bond acceptors (Lipinski definition) is 4. The molecule has 4 nitrogen and oxygen atoms in total. The summed E-state index contributed by atoms with van der Waals surface area (Å²) in [5, 5.41) is 4.75. The van der Waals surface area contributed by atoms with Crippen LogP contribution in [0.4, 0.5) is 11.4 Å². The van der Waals surface area contributed by atoms with E-state index in [0.29, 0.717) is 5.92 Å². The van der Waals surface area contributed by atoms with Crippen molar-refractivity contribution in [3.8, 4) is 0 Å². The van der Waals surface area contributed by atoms with Gasteiger partial charge in [-0.25, -0.2) is 0 Å². The molecule has 1 atom stereocenters. The molecule has 3 aromatic rings. The van der Waals surface area contributed by atoms with Gasteiger partial charge in [-0.1, -0.05) is 55.6 Å². The van der Waals surface area contributed by atoms with Gasteiger partial charge in [0.15, 0.2) is 0 Å². The Morgan fingerprint density at radius 2 is 1.89 bits per heavy atom. The molecular formula is C31H43BrN4. The monoisotopic (exact) mass is 550 g/mol. The van der Waals surface area contributed by atoms with E-state index in [-0.39, 0.29) is 0 Å². The fraction of sp³-hybridized carbons (Fsp3) is 0.484. The third-order valence-corrected chi connectivity index (χ3v) is 7.11. The van der Waals surface area contributed by atoms with Crippen LogP contribution >= 0.6 is 15.9 Å². The maximum absolute atomic E-state index is 4.73. The molecule has 1 N–H and O–H groups in total. The maximum Gasteiger partial charge on any atom is 0.0724 e. The van der Waals surface area contributed by atoms with Crippen molar-refractivity contribution < 1.29 is 0 Å². The summed E-state index contributed by atoms with van der Waals surface area (Å²) < 4.78 is 1.06. The van der Waals surface area contributed by atoms with E-state index in [9.17, 15) is 0 Å². The van der Waals surface area contributed by atoms with E-state index in [0.717, 1.165) is 44.8 Å². The van der Waals surface area contributed by atoms with E-state index in [2.05, 4.69) is 90.3 Å². The zero-order valence-electron chi connectivity index (χ0n) is 22.9. The molecule has 1 fully saturated rings. The summed E-state index contributed by atoms with van der Waals surface area (Å²) in [5.41, 5.74) is 6.75. The van der Waals surface area contributed by atoms with Crippen molar-refractivity contribution in [2.45, 2.75) is 66.2 Å². The van der Waals surface area contributed by atoms with Crippen molar-refractivity contribution in [3.63, 3.8) is 0 Å². The van der Waals surface area contributed by atoms with Crippen molar-refractivity contribution in [3.05, 3.63) is 64.5 Å². The molecule has 1 unspecified atom stereocenters. The first kappa shape index (κ1) is 28.3. The molecular weight excluding hydrogens is 508 g/mol. The molecule has 194 valence electrons. The van der Waals surface area contributed by atoms with Gasteiger partial charge in [0.25, 0.3) is 0 Å². The number of fused-ring (bicyclic) bond motifs is 1. The van der Waals surface area contributed by atoms with Crippen LogP contribution in [-0.4, -0.2) is 35.5 Å². The first-order chi connectivity index (χ1) is 17.3. The Kier molecular flexibility index (Phi) is 10.9. The first-order valence-electron chi connectivity index (χ1n) is 13.4. The van der Waals surface area contributed by atoms with Gasteiger partial charge in [-0.15, -0.1) is 0 Å². The normalized spacial score (nSPS) is 14.5. The molecule has 0 bridgehead atoms. The molecule has 36 heavy (non-hydrogen) atoms. The molecule has 5 heteroatoms. The molecule has 0 spiro atoms. The Balaban J connectivity index is 0.000000308. The Hall–Kier alpha value is -2.24. The number of anilines is 2. The lowest BCUT2D eigenvalue weighted by Crippen LogP contribution is -2.15.